The van der Waals surface area contributed by atoms with Gasteiger partial charge in [0, 0.05) is 6.42 Å². The molecule has 0 aliphatic rings. The molecule has 0 saturated heterocycles. The number of nitroso groups, excluding NO2 is 1. The van der Waals surface area contributed by atoms with E-state index < -0.39 is 0 Å². The Labute approximate surface area is 53.4 Å². The van der Waals surface area contributed by atoms with Crippen LogP contribution in [0.2, 0.25) is 0 Å². The molecule has 0 aromatic heterocycles. The molecule has 4 nitrogen and oxygen atoms in total. The first kappa shape index (κ1) is 8.07. The molecule has 0 radical (unpaired) electrons. The third-order valence-electron chi connectivity index (χ3n) is 0.923. The highest BCUT2D eigenvalue weighted by Crippen LogP contribution is 1.93. The van der Waals surface area contributed by atoms with Crippen molar-refractivity contribution in [1.82, 2.24) is 0 Å². The zero-order valence-corrected chi connectivity index (χ0v) is 5.17. The number of hydrogen-bond acceptors (Lipinski definition) is 3. The van der Waals surface area contributed by atoms with Gasteiger partial charge in [0.15, 0.2) is 0 Å². The normalized spacial score (nSPS) is 8.89. The summed E-state index contributed by atoms with van der Waals surface area (Å²) in [7, 11) is 0. The molecule has 0 spiro atoms. The van der Waals surface area contributed by atoms with E-state index in [0.717, 1.165) is 0 Å². The van der Waals surface area contributed by atoms with Gasteiger partial charge in [0.1, 0.15) is 0 Å². The van der Waals surface area contributed by atoms with Crippen LogP contribution in [0.4, 0.5) is 0 Å². The Morgan fingerprint density at radius 1 is 1.44 bits per heavy atom. The van der Waals surface area contributed by atoms with Gasteiger partial charge in [-0.1, -0.05) is 5.18 Å². The maximum atomic E-state index is 10.1. The van der Waals surface area contributed by atoms with E-state index in [1.165, 1.54) is 0 Å². The fourth-order valence-corrected chi connectivity index (χ4v) is 0.476. The molecule has 2 N–H and O–H groups in total. The Hall–Kier alpha value is -0.930. The molecule has 1 amide bonds. The number of primary amides is 1. The van der Waals surface area contributed by atoms with Crippen LogP contribution in [0, 0.1) is 4.91 Å². The lowest BCUT2D eigenvalue weighted by Gasteiger charge is -1.89. The van der Waals surface area contributed by atoms with E-state index >= 15 is 0 Å². The van der Waals surface area contributed by atoms with Crippen LogP contribution in [0.1, 0.15) is 19.3 Å². The minimum Gasteiger partial charge on any atom is -0.370 e. The van der Waals surface area contributed by atoms with Crippen molar-refractivity contribution in [2.24, 2.45) is 10.9 Å². The molecule has 4 heteroatoms. The molecule has 0 aliphatic heterocycles. The van der Waals surface area contributed by atoms with Crippen molar-refractivity contribution in [2.45, 2.75) is 19.3 Å². The van der Waals surface area contributed by atoms with E-state index in [9.17, 15) is 9.70 Å². The summed E-state index contributed by atoms with van der Waals surface area (Å²) in [6, 6.07) is 0. The van der Waals surface area contributed by atoms with Crippen molar-refractivity contribution in [1.29, 1.82) is 0 Å². The average Bonchev–Trinajstić information content (AvgIpc) is 1.80. The lowest BCUT2D eigenvalue weighted by Crippen LogP contribution is -2.09. The second-order valence-corrected chi connectivity index (χ2v) is 1.78. The van der Waals surface area contributed by atoms with Crippen molar-refractivity contribution in [3.05, 3.63) is 4.91 Å². The minimum atomic E-state index is -0.319. The highest BCUT2D eigenvalue weighted by molar-refractivity contribution is 5.73. The number of nitrogens with zero attached hydrogens (tertiary/aromatic N) is 1. The summed E-state index contributed by atoms with van der Waals surface area (Å²) in [5.74, 6) is -0.319. The van der Waals surface area contributed by atoms with Crippen molar-refractivity contribution in [2.75, 3.05) is 6.54 Å². The molecule has 0 heterocycles. The van der Waals surface area contributed by atoms with E-state index in [2.05, 4.69) is 5.18 Å². The maximum absolute atomic E-state index is 10.1. The molecule has 0 saturated carbocycles. The summed E-state index contributed by atoms with van der Waals surface area (Å²) in [6.45, 7) is 0.285. The van der Waals surface area contributed by atoms with Crippen molar-refractivity contribution >= 4 is 5.91 Å². The van der Waals surface area contributed by atoms with Crippen molar-refractivity contribution < 1.29 is 4.79 Å². The van der Waals surface area contributed by atoms with Gasteiger partial charge in [-0.05, 0) is 12.8 Å². The van der Waals surface area contributed by atoms with Gasteiger partial charge in [-0.15, -0.1) is 0 Å². The number of carbonyl (C=O) groups excluding carboxylic acids is 1. The van der Waals surface area contributed by atoms with Crippen LogP contribution in [0.5, 0.6) is 0 Å². The second kappa shape index (κ2) is 5.21. The van der Waals surface area contributed by atoms with E-state index in [1.54, 1.807) is 0 Å². The van der Waals surface area contributed by atoms with E-state index in [1.807, 2.05) is 0 Å². The van der Waals surface area contributed by atoms with Gasteiger partial charge in [-0.3, -0.25) is 4.79 Å². The summed E-state index contributed by atoms with van der Waals surface area (Å²) in [5.41, 5.74) is 4.83. The molecule has 0 bridgehead atoms. The van der Waals surface area contributed by atoms with Gasteiger partial charge in [0.25, 0.3) is 0 Å². The number of amides is 1. The van der Waals surface area contributed by atoms with Gasteiger partial charge in [0.05, 0.1) is 6.54 Å². The zero-order valence-electron chi connectivity index (χ0n) is 5.17. The first-order chi connectivity index (χ1) is 4.27. The lowest BCUT2D eigenvalue weighted by atomic mass is 10.2. The molecule has 0 aliphatic carbocycles. The summed E-state index contributed by atoms with van der Waals surface area (Å²) >= 11 is 0. The largest absolute Gasteiger partial charge is 0.370 e. The summed E-state index contributed by atoms with van der Waals surface area (Å²) < 4.78 is 0. The fourth-order valence-electron chi connectivity index (χ4n) is 0.476. The molecule has 52 valence electrons. The van der Waals surface area contributed by atoms with Crippen molar-refractivity contribution in [3.63, 3.8) is 0 Å². The summed E-state index contributed by atoms with van der Waals surface area (Å²) in [6.07, 6.45) is 1.68. The SMILES string of the molecule is NC(=O)CCCCN=O. The predicted molar refractivity (Wildman–Crippen MR) is 33.7 cm³/mol. The zero-order chi connectivity index (χ0) is 7.11. The Bertz CT molecular complexity index is 103. The molecular formula is C5H10N2O2. The van der Waals surface area contributed by atoms with Crippen molar-refractivity contribution in [3.8, 4) is 0 Å². The van der Waals surface area contributed by atoms with Gasteiger partial charge in [-0.25, -0.2) is 0 Å². The third-order valence-corrected chi connectivity index (χ3v) is 0.923. The maximum Gasteiger partial charge on any atom is 0.217 e. The highest BCUT2D eigenvalue weighted by Gasteiger charge is 1.92. The molecule has 0 fully saturated rings. The standard InChI is InChI=1S/C5H10N2O2/c6-5(8)3-1-2-4-7-9/h1-4H2,(H2,6,8). The fraction of sp³-hybridized carbons (Fsp3) is 0.800. The van der Waals surface area contributed by atoms with Crippen LogP contribution in [-0.2, 0) is 4.79 Å². The highest BCUT2D eigenvalue weighted by atomic mass is 16.3. The Morgan fingerprint density at radius 3 is 2.56 bits per heavy atom. The molecule has 0 atom stereocenters. The predicted octanol–water partition coefficient (Wildman–Crippen LogP) is 0.408. The smallest absolute Gasteiger partial charge is 0.217 e. The van der Waals surface area contributed by atoms with Gasteiger partial charge in [-0.2, -0.15) is 4.91 Å². The first-order valence-corrected chi connectivity index (χ1v) is 2.85. The summed E-state index contributed by atoms with van der Waals surface area (Å²) in [4.78, 5) is 19.6. The van der Waals surface area contributed by atoms with Gasteiger partial charge in [0.2, 0.25) is 5.91 Å². The van der Waals surface area contributed by atoms with Gasteiger partial charge < -0.3 is 5.73 Å². The Kier molecular flexibility index (Phi) is 4.67. The number of rotatable bonds is 5. The average molecular weight is 130 g/mol. The van der Waals surface area contributed by atoms with E-state index in [0.29, 0.717) is 19.3 Å². The molecule has 0 unspecified atom stereocenters. The topological polar surface area (TPSA) is 72.5 Å². The second-order valence-electron chi connectivity index (χ2n) is 1.78. The van der Waals surface area contributed by atoms with Crippen LogP contribution in [0.15, 0.2) is 5.18 Å². The molecular weight excluding hydrogens is 120 g/mol. The van der Waals surface area contributed by atoms with Crippen LogP contribution >= 0.6 is 0 Å². The van der Waals surface area contributed by atoms with Crippen LogP contribution in [0.3, 0.4) is 0 Å². The van der Waals surface area contributed by atoms with E-state index in [4.69, 9.17) is 5.73 Å². The minimum absolute atomic E-state index is 0.285. The van der Waals surface area contributed by atoms with Gasteiger partial charge >= 0.3 is 0 Å². The van der Waals surface area contributed by atoms with Crippen LogP contribution < -0.4 is 5.73 Å². The molecule has 0 rings (SSSR count). The monoisotopic (exact) mass is 130 g/mol. The number of hydrogen-bond donors (Lipinski definition) is 1. The first-order valence-electron chi connectivity index (χ1n) is 2.85. The quantitative estimate of drug-likeness (QED) is 0.432. The molecule has 0 aromatic rings. The number of unbranched alkanes of at least 4 members (excludes halogenated alkanes) is 1. The number of carbonyl (C=O) groups is 1. The Morgan fingerprint density at radius 2 is 2.11 bits per heavy atom. The lowest BCUT2D eigenvalue weighted by molar-refractivity contribution is -0.118. The molecule has 0 aromatic carbocycles. The van der Waals surface area contributed by atoms with Crippen LogP contribution in [-0.4, -0.2) is 12.5 Å². The van der Waals surface area contributed by atoms with Crippen LogP contribution in [0.25, 0.3) is 0 Å². The molecule has 9 heavy (non-hydrogen) atoms. The number of nitrogens with two attached hydrogens (primary N) is 1. The summed E-state index contributed by atoms with van der Waals surface area (Å²) in [5, 5.41) is 2.63. The Balaban J connectivity index is 2.91. The van der Waals surface area contributed by atoms with E-state index in [-0.39, 0.29) is 12.5 Å². The third kappa shape index (κ3) is 7.07.